The van der Waals surface area contributed by atoms with Crippen LogP contribution in [0.1, 0.15) is 32.1 Å². The third kappa shape index (κ3) is 2.00. The number of rotatable bonds is 2. The second-order valence-corrected chi connectivity index (χ2v) is 4.42. The maximum Gasteiger partial charge on any atom is 0.235 e. The van der Waals surface area contributed by atoms with E-state index in [4.69, 9.17) is 21.2 Å². The van der Waals surface area contributed by atoms with Crippen molar-refractivity contribution in [3.8, 4) is 0 Å². The number of hydrogen-bond acceptors (Lipinski definition) is 3. The summed E-state index contributed by atoms with van der Waals surface area (Å²) in [4.78, 5) is 3.70. The highest BCUT2D eigenvalue weighted by Crippen LogP contribution is 2.43. The van der Waals surface area contributed by atoms with Gasteiger partial charge >= 0.3 is 0 Å². The van der Waals surface area contributed by atoms with Gasteiger partial charge in [-0.25, -0.2) is 6.57 Å². The Morgan fingerprint density at radius 1 is 1.13 bits per heavy atom. The van der Waals surface area contributed by atoms with Gasteiger partial charge in [0.2, 0.25) is 5.54 Å². The molecule has 0 atom stereocenters. The maximum absolute atomic E-state index is 8.97. The van der Waals surface area contributed by atoms with Crippen LogP contribution in [0.3, 0.4) is 0 Å². The van der Waals surface area contributed by atoms with Gasteiger partial charge < -0.3 is 19.4 Å². The molecule has 2 rings (SSSR count). The quantitative estimate of drug-likeness (QED) is 0.701. The minimum atomic E-state index is -0.399. The SMILES string of the molecule is [C-]#[N+]C1(CCO)CCC2(CC1)OCCO2. The van der Waals surface area contributed by atoms with Crippen LogP contribution in [-0.4, -0.2) is 36.3 Å². The zero-order valence-electron chi connectivity index (χ0n) is 8.87. The van der Waals surface area contributed by atoms with Crippen molar-refractivity contribution in [2.75, 3.05) is 19.8 Å². The summed E-state index contributed by atoms with van der Waals surface area (Å²) in [6.45, 7) is 8.68. The number of ether oxygens (including phenoxy) is 2. The van der Waals surface area contributed by atoms with Gasteiger partial charge in [-0.1, -0.05) is 0 Å². The third-order valence-corrected chi connectivity index (χ3v) is 3.57. The van der Waals surface area contributed by atoms with Gasteiger partial charge in [-0.2, -0.15) is 0 Å². The van der Waals surface area contributed by atoms with E-state index in [0.29, 0.717) is 19.6 Å². The fourth-order valence-electron chi connectivity index (χ4n) is 2.51. The molecule has 0 radical (unpaired) electrons. The Morgan fingerprint density at radius 3 is 2.20 bits per heavy atom. The van der Waals surface area contributed by atoms with Crippen LogP contribution in [0.2, 0.25) is 0 Å². The van der Waals surface area contributed by atoms with Crippen molar-refractivity contribution < 1.29 is 14.6 Å². The van der Waals surface area contributed by atoms with Gasteiger partial charge in [-0.3, -0.25) is 0 Å². The second kappa shape index (κ2) is 4.09. The topological polar surface area (TPSA) is 43.0 Å². The smallest absolute Gasteiger partial charge is 0.235 e. The number of aliphatic hydroxyl groups is 1. The van der Waals surface area contributed by atoms with E-state index in [2.05, 4.69) is 4.85 Å². The zero-order chi connectivity index (χ0) is 10.8. The molecule has 1 N–H and O–H groups in total. The first-order valence-electron chi connectivity index (χ1n) is 5.52. The highest BCUT2D eigenvalue weighted by Gasteiger charge is 2.49. The highest BCUT2D eigenvalue weighted by molar-refractivity contribution is 5.04. The summed E-state index contributed by atoms with van der Waals surface area (Å²) in [5.41, 5.74) is -0.366. The Kier molecular flexibility index (Phi) is 2.96. The molecule has 1 heterocycles. The predicted molar refractivity (Wildman–Crippen MR) is 54.1 cm³/mol. The van der Waals surface area contributed by atoms with Crippen molar-refractivity contribution in [1.82, 2.24) is 0 Å². The summed E-state index contributed by atoms with van der Waals surface area (Å²) in [7, 11) is 0. The third-order valence-electron chi connectivity index (χ3n) is 3.57. The average Bonchev–Trinajstić information content (AvgIpc) is 2.72. The molecule has 0 unspecified atom stereocenters. The van der Waals surface area contributed by atoms with Crippen molar-refractivity contribution in [2.24, 2.45) is 0 Å². The summed E-state index contributed by atoms with van der Waals surface area (Å²) >= 11 is 0. The monoisotopic (exact) mass is 211 g/mol. The summed E-state index contributed by atoms with van der Waals surface area (Å²) in [6, 6.07) is 0. The Bertz CT molecular complexity index is 255. The number of hydrogen-bond donors (Lipinski definition) is 1. The average molecular weight is 211 g/mol. The van der Waals surface area contributed by atoms with Crippen LogP contribution >= 0.6 is 0 Å². The molecular weight excluding hydrogens is 194 g/mol. The van der Waals surface area contributed by atoms with Gasteiger partial charge in [0.15, 0.2) is 5.79 Å². The summed E-state index contributed by atoms with van der Waals surface area (Å²) in [5, 5.41) is 8.97. The van der Waals surface area contributed by atoms with Gasteiger partial charge in [-0.05, 0) is 0 Å². The van der Waals surface area contributed by atoms with Gasteiger partial charge in [0.05, 0.1) is 19.8 Å². The van der Waals surface area contributed by atoms with E-state index in [1.165, 1.54) is 0 Å². The van der Waals surface area contributed by atoms with Crippen LogP contribution < -0.4 is 0 Å². The molecule has 1 aliphatic heterocycles. The van der Waals surface area contributed by atoms with Gasteiger partial charge in [0, 0.05) is 32.1 Å². The molecule has 0 amide bonds. The first kappa shape index (κ1) is 10.9. The first-order chi connectivity index (χ1) is 7.24. The molecule has 0 aromatic rings. The summed E-state index contributed by atoms with van der Waals surface area (Å²) in [6.07, 6.45) is 3.70. The van der Waals surface area contributed by atoms with E-state index in [0.717, 1.165) is 25.7 Å². The lowest BCUT2D eigenvalue weighted by Crippen LogP contribution is -2.42. The van der Waals surface area contributed by atoms with Gasteiger partial charge in [0.1, 0.15) is 0 Å². The summed E-state index contributed by atoms with van der Waals surface area (Å²) < 4.78 is 11.2. The van der Waals surface area contributed by atoms with E-state index in [1.807, 2.05) is 0 Å². The van der Waals surface area contributed by atoms with Crippen molar-refractivity contribution >= 4 is 0 Å². The number of nitrogens with zero attached hydrogens (tertiary/aromatic N) is 1. The van der Waals surface area contributed by atoms with Crippen molar-refractivity contribution in [1.29, 1.82) is 0 Å². The fourth-order valence-corrected chi connectivity index (χ4v) is 2.51. The normalized spacial score (nSPS) is 27.7. The molecule has 1 saturated carbocycles. The minimum Gasteiger partial charge on any atom is -0.396 e. The molecule has 15 heavy (non-hydrogen) atoms. The standard InChI is InChI=1S/C11H17NO3/c1-12-10(6-7-13)2-4-11(5-3-10)14-8-9-15-11/h13H,2-9H2. The van der Waals surface area contributed by atoms with Crippen LogP contribution in [-0.2, 0) is 9.47 Å². The lowest BCUT2D eigenvalue weighted by molar-refractivity contribution is -0.182. The predicted octanol–water partition coefficient (Wildman–Crippen LogP) is 1.34. The zero-order valence-corrected chi connectivity index (χ0v) is 8.87. The lowest BCUT2D eigenvalue weighted by Gasteiger charge is -2.36. The molecule has 1 aliphatic carbocycles. The minimum absolute atomic E-state index is 0.0943. The van der Waals surface area contributed by atoms with Crippen molar-refractivity contribution in [3.63, 3.8) is 0 Å². The van der Waals surface area contributed by atoms with E-state index in [-0.39, 0.29) is 12.1 Å². The molecule has 0 aromatic carbocycles. The maximum atomic E-state index is 8.97. The molecular formula is C11H17NO3. The Balaban J connectivity index is 1.98. The molecule has 4 nitrogen and oxygen atoms in total. The van der Waals surface area contributed by atoms with Crippen LogP contribution in [0.5, 0.6) is 0 Å². The molecule has 84 valence electrons. The molecule has 1 spiro atoms. The van der Waals surface area contributed by atoms with Crippen molar-refractivity contribution in [2.45, 2.75) is 43.4 Å². The Labute approximate surface area is 90.0 Å². The molecule has 4 heteroatoms. The van der Waals surface area contributed by atoms with Crippen LogP contribution in [0.25, 0.3) is 4.85 Å². The summed E-state index contributed by atoms with van der Waals surface area (Å²) in [5.74, 6) is -0.399. The van der Waals surface area contributed by atoms with Gasteiger partial charge in [0.25, 0.3) is 0 Å². The first-order valence-corrected chi connectivity index (χ1v) is 5.52. The molecule has 1 saturated heterocycles. The van der Waals surface area contributed by atoms with Crippen LogP contribution in [0, 0.1) is 6.57 Å². The Morgan fingerprint density at radius 2 is 1.73 bits per heavy atom. The molecule has 0 bridgehead atoms. The van der Waals surface area contributed by atoms with E-state index >= 15 is 0 Å². The lowest BCUT2D eigenvalue weighted by atomic mass is 9.77. The molecule has 2 fully saturated rings. The fraction of sp³-hybridized carbons (Fsp3) is 0.909. The largest absolute Gasteiger partial charge is 0.396 e. The van der Waals surface area contributed by atoms with E-state index in [9.17, 15) is 0 Å². The van der Waals surface area contributed by atoms with Crippen molar-refractivity contribution in [3.05, 3.63) is 11.4 Å². The van der Waals surface area contributed by atoms with Crippen LogP contribution in [0.4, 0.5) is 0 Å². The molecule has 2 aliphatic rings. The van der Waals surface area contributed by atoms with Crippen LogP contribution in [0.15, 0.2) is 0 Å². The molecule has 0 aromatic heterocycles. The van der Waals surface area contributed by atoms with E-state index in [1.54, 1.807) is 0 Å². The second-order valence-electron chi connectivity index (χ2n) is 4.42. The Hall–Kier alpha value is -0.630. The number of aliphatic hydroxyl groups excluding tert-OH is 1. The van der Waals surface area contributed by atoms with Gasteiger partial charge in [-0.15, -0.1) is 0 Å². The highest BCUT2D eigenvalue weighted by atomic mass is 16.7. The van der Waals surface area contributed by atoms with E-state index < -0.39 is 5.79 Å².